The van der Waals surface area contributed by atoms with E-state index in [-0.39, 0.29) is 11.7 Å². The zero-order chi connectivity index (χ0) is 21.5. The zero-order valence-corrected chi connectivity index (χ0v) is 16.9. The van der Waals surface area contributed by atoms with Gasteiger partial charge in [0, 0.05) is 43.9 Å². The molecule has 0 unspecified atom stereocenters. The highest BCUT2D eigenvalue weighted by Crippen LogP contribution is 2.17. The molecule has 2 aromatic carbocycles. The minimum Gasteiger partial charge on any atom is -0.352 e. The first-order chi connectivity index (χ1) is 15.2. The predicted octanol–water partition coefficient (Wildman–Crippen LogP) is 3.76. The molecule has 0 fully saturated rings. The van der Waals surface area contributed by atoms with E-state index >= 15 is 0 Å². The lowest BCUT2D eigenvalue weighted by molar-refractivity contribution is -0.121. The molecule has 8 heteroatoms. The van der Waals surface area contributed by atoms with Gasteiger partial charge in [-0.05, 0) is 41.8 Å². The van der Waals surface area contributed by atoms with Crippen LogP contribution in [0.4, 0.5) is 4.39 Å². The van der Waals surface area contributed by atoms with Crippen LogP contribution in [0.5, 0.6) is 0 Å². The third kappa shape index (κ3) is 5.63. The topological polar surface area (TPSA) is 85.8 Å². The number of imidazole rings is 1. The Labute approximate surface area is 178 Å². The minimum absolute atomic E-state index is 0.0318. The van der Waals surface area contributed by atoms with E-state index in [1.165, 1.54) is 12.1 Å². The summed E-state index contributed by atoms with van der Waals surface area (Å²) >= 11 is 0. The molecule has 0 saturated carbocycles. The number of halogens is 1. The molecule has 0 radical (unpaired) electrons. The van der Waals surface area contributed by atoms with Crippen molar-refractivity contribution >= 4 is 5.91 Å². The predicted molar refractivity (Wildman–Crippen MR) is 112 cm³/mol. The number of rotatable bonds is 9. The number of hydrogen-bond acceptors (Lipinski definition) is 5. The van der Waals surface area contributed by atoms with Gasteiger partial charge in [-0.3, -0.25) is 4.79 Å². The number of carbonyl (C=O) groups is 1. The molecule has 31 heavy (non-hydrogen) atoms. The van der Waals surface area contributed by atoms with E-state index in [1.54, 1.807) is 24.7 Å². The normalized spacial score (nSPS) is 10.9. The van der Waals surface area contributed by atoms with Crippen molar-refractivity contribution in [3.63, 3.8) is 0 Å². The summed E-state index contributed by atoms with van der Waals surface area (Å²) in [6.45, 7) is 1.18. The van der Waals surface area contributed by atoms with Gasteiger partial charge in [0.1, 0.15) is 5.82 Å². The van der Waals surface area contributed by atoms with Gasteiger partial charge in [-0.2, -0.15) is 4.98 Å². The summed E-state index contributed by atoms with van der Waals surface area (Å²) < 4.78 is 20.2. The molecule has 158 valence electrons. The van der Waals surface area contributed by atoms with Gasteiger partial charge in [-0.25, -0.2) is 9.37 Å². The lowest BCUT2D eigenvalue weighted by Crippen LogP contribution is -2.23. The van der Waals surface area contributed by atoms with Gasteiger partial charge in [0.05, 0.1) is 6.33 Å². The summed E-state index contributed by atoms with van der Waals surface area (Å²) in [5.74, 6) is 0.519. The Morgan fingerprint density at radius 3 is 2.68 bits per heavy atom. The van der Waals surface area contributed by atoms with Gasteiger partial charge in [0.2, 0.25) is 17.6 Å². The maximum atomic E-state index is 13.0. The van der Waals surface area contributed by atoms with Gasteiger partial charge in [-0.15, -0.1) is 0 Å². The summed E-state index contributed by atoms with van der Waals surface area (Å²) in [4.78, 5) is 20.6. The van der Waals surface area contributed by atoms with Crippen LogP contribution in [0.2, 0.25) is 0 Å². The number of aromatic nitrogens is 4. The Balaban J connectivity index is 1.24. The third-order valence-electron chi connectivity index (χ3n) is 4.87. The molecule has 1 amide bonds. The molecule has 1 N–H and O–H groups in total. The van der Waals surface area contributed by atoms with Crippen LogP contribution in [0.1, 0.15) is 29.9 Å². The Kier molecular flexibility index (Phi) is 6.47. The van der Waals surface area contributed by atoms with Gasteiger partial charge in [-0.1, -0.05) is 29.4 Å². The van der Waals surface area contributed by atoms with Gasteiger partial charge in [0.15, 0.2) is 0 Å². The average molecular weight is 419 g/mol. The molecule has 0 aliphatic heterocycles. The van der Waals surface area contributed by atoms with Crippen LogP contribution in [-0.2, 0) is 24.3 Å². The first kappa shape index (κ1) is 20.5. The summed E-state index contributed by atoms with van der Waals surface area (Å²) in [5, 5.41) is 6.89. The average Bonchev–Trinajstić information content (AvgIpc) is 3.46. The standard InChI is InChI=1S/C23H22FN5O2/c24-20-10-8-17(9-11-20)23-27-22(31-28-23)7-3-6-21(30)26-14-18-4-1-2-5-19(18)15-29-13-12-25-16-29/h1-2,4-5,8-13,16H,3,6-7,14-15H2,(H,26,30). The number of hydrogen-bond donors (Lipinski definition) is 1. The number of nitrogens with zero attached hydrogens (tertiary/aromatic N) is 4. The SMILES string of the molecule is O=C(CCCc1nc(-c2ccc(F)cc2)no1)NCc1ccccc1Cn1ccnc1. The second-order valence-corrected chi connectivity index (χ2v) is 7.15. The summed E-state index contributed by atoms with van der Waals surface area (Å²) in [6.07, 6.45) is 6.88. The van der Waals surface area contributed by atoms with Crippen molar-refractivity contribution in [3.8, 4) is 11.4 Å². The van der Waals surface area contributed by atoms with E-state index < -0.39 is 0 Å². The molecule has 2 aromatic heterocycles. The second kappa shape index (κ2) is 9.80. The number of aryl methyl sites for hydroxylation is 1. The monoisotopic (exact) mass is 419 g/mol. The van der Waals surface area contributed by atoms with E-state index in [1.807, 2.05) is 29.0 Å². The van der Waals surface area contributed by atoms with Crippen LogP contribution in [0, 0.1) is 5.82 Å². The van der Waals surface area contributed by atoms with E-state index in [9.17, 15) is 9.18 Å². The van der Waals surface area contributed by atoms with Crippen molar-refractivity contribution in [3.05, 3.63) is 90.1 Å². The maximum absolute atomic E-state index is 13.0. The molecule has 4 aromatic rings. The number of amides is 1. The van der Waals surface area contributed by atoms with Crippen LogP contribution in [0.15, 0.2) is 71.8 Å². The highest BCUT2D eigenvalue weighted by atomic mass is 19.1. The van der Waals surface area contributed by atoms with Gasteiger partial charge < -0.3 is 14.4 Å². The molecular formula is C23H22FN5O2. The Morgan fingerprint density at radius 1 is 1.10 bits per heavy atom. The smallest absolute Gasteiger partial charge is 0.226 e. The molecular weight excluding hydrogens is 397 g/mol. The van der Waals surface area contributed by atoms with E-state index in [0.717, 1.165) is 11.1 Å². The van der Waals surface area contributed by atoms with E-state index in [4.69, 9.17) is 4.52 Å². The lowest BCUT2D eigenvalue weighted by atomic mass is 10.1. The fourth-order valence-electron chi connectivity index (χ4n) is 3.22. The van der Waals surface area contributed by atoms with Crippen molar-refractivity contribution in [1.29, 1.82) is 0 Å². The van der Waals surface area contributed by atoms with E-state index in [0.29, 0.717) is 49.6 Å². The molecule has 2 heterocycles. The Morgan fingerprint density at radius 2 is 1.90 bits per heavy atom. The lowest BCUT2D eigenvalue weighted by Gasteiger charge is -2.11. The first-order valence-corrected chi connectivity index (χ1v) is 10.0. The number of nitrogens with one attached hydrogen (secondary N) is 1. The zero-order valence-electron chi connectivity index (χ0n) is 16.9. The van der Waals surface area contributed by atoms with Crippen LogP contribution in [0.25, 0.3) is 11.4 Å². The van der Waals surface area contributed by atoms with Crippen LogP contribution in [-0.4, -0.2) is 25.6 Å². The fraction of sp³-hybridized carbons (Fsp3) is 0.217. The van der Waals surface area contributed by atoms with Crippen LogP contribution >= 0.6 is 0 Å². The highest BCUT2D eigenvalue weighted by Gasteiger charge is 2.10. The highest BCUT2D eigenvalue weighted by molar-refractivity contribution is 5.75. The van der Waals surface area contributed by atoms with Crippen LogP contribution in [0.3, 0.4) is 0 Å². The van der Waals surface area contributed by atoms with Crippen molar-refractivity contribution in [2.45, 2.75) is 32.4 Å². The number of carbonyl (C=O) groups excluding carboxylic acids is 1. The first-order valence-electron chi connectivity index (χ1n) is 10.0. The molecule has 4 rings (SSSR count). The van der Waals surface area contributed by atoms with Crippen molar-refractivity contribution in [2.75, 3.05) is 0 Å². The second-order valence-electron chi connectivity index (χ2n) is 7.15. The molecule has 0 saturated heterocycles. The van der Waals surface area contributed by atoms with Crippen molar-refractivity contribution in [1.82, 2.24) is 25.0 Å². The maximum Gasteiger partial charge on any atom is 0.226 e. The fourth-order valence-corrected chi connectivity index (χ4v) is 3.22. The molecule has 7 nitrogen and oxygen atoms in total. The van der Waals surface area contributed by atoms with Crippen LogP contribution < -0.4 is 5.32 Å². The summed E-state index contributed by atoms with van der Waals surface area (Å²) in [5.41, 5.74) is 2.90. The Bertz CT molecular complexity index is 1120. The van der Waals surface area contributed by atoms with Gasteiger partial charge in [0.25, 0.3) is 0 Å². The minimum atomic E-state index is -0.317. The molecule has 0 atom stereocenters. The summed E-state index contributed by atoms with van der Waals surface area (Å²) in [7, 11) is 0. The third-order valence-corrected chi connectivity index (χ3v) is 4.87. The molecule has 0 aliphatic carbocycles. The summed E-state index contributed by atoms with van der Waals surface area (Å²) in [6, 6.07) is 13.9. The Hall–Kier alpha value is -3.81. The molecule has 0 bridgehead atoms. The largest absolute Gasteiger partial charge is 0.352 e. The van der Waals surface area contributed by atoms with Crippen molar-refractivity contribution in [2.24, 2.45) is 0 Å². The molecule has 0 spiro atoms. The van der Waals surface area contributed by atoms with Crippen molar-refractivity contribution < 1.29 is 13.7 Å². The quantitative estimate of drug-likeness (QED) is 0.446. The molecule has 0 aliphatic rings. The van der Waals surface area contributed by atoms with Gasteiger partial charge >= 0.3 is 0 Å². The van der Waals surface area contributed by atoms with E-state index in [2.05, 4.69) is 26.5 Å². The number of benzene rings is 2.